The van der Waals surface area contributed by atoms with Gasteiger partial charge in [-0.1, -0.05) is 0 Å². The van der Waals surface area contributed by atoms with Crippen molar-refractivity contribution < 1.29 is 19.1 Å². The van der Waals surface area contributed by atoms with E-state index in [1.807, 2.05) is 0 Å². The van der Waals surface area contributed by atoms with Crippen LogP contribution in [0.3, 0.4) is 0 Å². The number of esters is 1. The minimum Gasteiger partial charge on any atom is -0.469 e. The first kappa shape index (κ1) is 12.0. The monoisotopic (exact) mass is 215 g/mol. The topological polar surface area (TPSA) is 55.8 Å². The van der Waals surface area contributed by atoms with E-state index in [-0.39, 0.29) is 24.4 Å². The maximum Gasteiger partial charge on any atom is 0.308 e. The second-order valence-electron chi connectivity index (χ2n) is 3.61. The Morgan fingerprint density at radius 3 is 2.33 bits per heavy atom. The summed E-state index contributed by atoms with van der Waals surface area (Å²) >= 11 is 0. The Hall–Kier alpha value is -1.10. The van der Waals surface area contributed by atoms with Crippen molar-refractivity contribution in [2.75, 3.05) is 33.9 Å². The number of hydrogen-bond acceptors (Lipinski definition) is 4. The van der Waals surface area contributed by atoms with Crippen molar-refractivity contribution in [2.24, 2.45) is 5.92 Å². The predicted octanol–water partition coefficient (Wildman–Crippen LogP) is 0.0444. The fourth-order valence-electron chi connectivity index (χ4n) is 1.75. The first-order valence-corrected chi connectivity index (χ1v) is 5.03. The summed E-state index contributed by atoms with van der Waals surface area (Å²) in [5.74, 6) is -0.240. The zero-order chi connectivity index (χ0) is 11.3. The lowest BCUT2D eigenvalue weighted by Gasteiger charge is -2.30. The summed E-state index contributed by atoms with van der Waals surface area (Å²) in [7, 11) is 2.89. The normalized spacial score (nSPS) is 17.6. The van der Waals surface area contributed by atoms with E-state index in [0.29, 0.717) is 25.9 Å². The summed E-state index contributed by atoms with van der Waals surface area (Å²) in [5, 5.41) is 0. The highest BCUT2D eigenvalue weighted by molar-refractivity contribution is 5.78. The van der Waals surface area contributed by atoms with Crippen molar-refractivity contribution in [1.82, 2.24) is 4.90 Å². The van der Waals surface area contributed by atoms with Gasteiger partial charge in [-0.2, -0.15) is 0 Å². The van der Waals surface area contributed by atoms with Gasteiger partial charge in [0, 0.05) is 20.2 Å². The molecule has 5 nitrogen and oxygen atoms in total. The van der Waals surface area contributed by atoms with Crippen LogP contribution in [0, 0.1) is 5.92 Å². The van der Waals surface area contributed by atoms with Crippen LogP contribution in [0.15, 0.2) is 0 Å². The third kappa shape index (κ3) is 3.20. The molecule has 0 N–H and O–H groups in total. The lowest BCUT2D eigenvalue weighted by atomic mass is 9.97. The van der Waals surface area contributed by atoms with Gasteiger partial charge in [0.1, 0.15) is 6.61 Å². The molecule has 0 bridgehead atoms. The van der Waals surface area contributed by atoms with Gasteiger partial charge in [-0.15, -0.1) is 0 Å². The minimum atomic E-state index is -0.172. The van der Waals surface area contributed by atoms with E-state index in [0.717, 1.165) is 0 Å². The number of ether oxygens (including phenoxy) is 2. The summed E-state index contributed by atoms with van der Waals surface area (Å²) in [4.78, 5) is 24.4. The largest absolute Gasteiger partial charge is 0.469 e. The average Bonchev–Trinajstić information content (AvgIpc) is 2.28. The molecule has 1 saturated heterocycles. The van der Waals surface area contributed by atoms with E-state index in [2.05, 4.69) is 4.74 Å². The Bertz CT molecular complexity index is 234. The Balaban J connectivity index is 2.35. The average molecular weight is 215 g/mol. The molecule has 15 heavy (non-hydrogen) atoms. The molecule has 0 saturated carbocycles. The molecule has 1 heterocycles. The van der Waals surface area contributed by atoms with Gasteiger partial charge in [0.05, 0.1) is 13.0 Å². The zero-order valence-corrected chi connectivity index (χ0v) is 9.19. The van der Waals surface area contributed by atoms with Crippen molar-refractivity contribution in [2.45, 2.75) is 12.8 Å². The molecular formula is C10H17NO4. The maximum atomic E-state index is 11.4. The Morgan fingerprint density at radius 2 is 1.87 bits per heavy atom. The molecule has 0 aromatic carbocycles. The molecule has 0 atom stereocenters. The van der Waals surface area contributed by atoms with Gasteiger partial charge in [0.15, 0.2) is 0 Å². The van der Waals surface area contributed by atoms with Crippen LogP contribution in [-0.4, -0.2) is 50.7 Å². The molecule has 5 heteroatoms. The lowest BCUT2D eigenvalue weighted by Crippen LogP contribution is -2.42. The van der Waals surface area contributed by atoms with Gasteiger partial charge >= 0.3 is 5.97 Å². The van der Waals surface area contributed by atoms with Crippen molar-refractivity contribution >= 4 is 11.9 Å². The first-order chi connectivity index (χ1) is 7.19. The zero-order valence-electron chi connectivity index (χ0n) is 9.19. The molecule has 0 unspecified atom stereocenters. The molecule has 0 aromatic heterocycles. The highest BCUT2D eigenvalue weighted by atomic mass is 16.5. The standard InChI is InChI=1S/C10H17NO4/c1-14-7-9(12)11-5-3-8(4-6-11)10(13)15-2/h8H,3-7H2,1-2H3. The van der Waals surface area contributed by atoms with Crippen molar-refractivity contribution in [3.05, 3.63) is 0 Å². The highest BCUT2D eigenvalue weighted by Gasteiger charge is 2.27. The van der Waals surface area contributed by atoms with E-state index in [9.17, 15) is 9.59 Å². The number of likely N-dealkylation sites (tertiary alicyclic amines) is 1. The van der Waals surface area contributed by atoms with Crippen LogP contribution in [0.5, 0.6) is 0 Å². The van der Waals surface area contributed by atoms with Crippen LogP contribution >= 0.6 is 0 Å². The highest BCUT2D eigenvalue weighted by Crippen LogP contribution is 2.18. The van der Waals surface area contributed by atoms with Crippen LogP contribution in [0.1, 0.15) is 12.8 Å². The Kier molecular flexibility index (Phi) is 4.55. The molecular weight excluding hydrogens is 198 g/mol. The maximum absolute atomic E-state index is 11.4. The van der Waals surface area contributed by atoms with Crippen LogP contribution in [0.2, 0.25) is 0 Å². The Labute approximate surface area is 89.3 Å². The fourth-order valence-corrected chi connectivity index (χ4v) is 1.75. The smallest absolute Gasteiger partial charge is 0.308 e. The van der Waals surface area contributed by atoms with E-state index in [4.69, 9.17) is 4.74 Å². The van der Waals surface area contributed by atoms with Crippen molar-refractivity contribution in [3.8, 4) is 0 Å². The molecule has 0 spiro atoms. The number of piperidine rings is 1. The van der Waals surface area contributed by atoms with Crippen LogP contribution < -0.4 is 0 Å². The van der Waals surface area contributed by atoms with Gasteiger partial charge in [-0.25, -0.2) is 0 Å². The van der Waals surface area contributed by atoms with Gasteiger partial charge in [0.25, 0.3) is 0 Å². The van der Waals surface area contributed by atoms with Crippen LogP contribution in [0.25, 0.3) is 0 Å². The third-order valence-electron chi connectivity index (χ3n) is 2.65. The number of carbonyl (C=O) groups excluding carboxylic acids is 2. The molecule has 1 aliphatic rings. The van der Waals surface area contributed by atoms with E-state index in [1.54, 1.807) is 4.90 Å². The second kappa shape index (κ2) is 5.70. The molecule has 0 aromatic rings. The SMILES string of the molecule is COCC(=O)N1CCC(C(=O)OC)CC1. The predicted molar refractivity (Wildman–Crippen MR) is 53.2 cm³/mol. The minimum absolute atomic E-state index is 0.0131. The number of rotatable bonds is 3. The van der Waals surface area contributed by atoms with Crippen molar-refractivity contribution in [3.63, 3.8) is 0 Å². The summed E-state index contributed by atoms with van der Waals surface area (Å²) in [6.07, 6.45) is 1.37. The van der Waals surface area contributed by atoms with Gasteiger partial charge in [0.2, 0.25) is 5.91 Å². The van der Waals surface area contributed by atoms with Crippen LogP contribution in [-0.2, 0) is 19.1 Å². The lowest BCUT2D eigenvalue weighted by molar-refractivity contribution is -0.149. The molecule has 1 amide bonds. The van der Waals surface area contributed by atoms with E-state index in [1.165, 1.54) is 14.2 Å². The van der Waals surface area contributed by atoms with E-state index < -0.39 is 0 Å². The van der Waals surface area contributed by atoms with Gasteiger partial charge in [-0.05, 0) is 12.8 Å². The quantitative estimate of drug-likeness (QED) is 0.624. The molecule has 1 aliphatic heterocycles. The molecule has 0 radical (unpaired) electrons. The molecule has 86 valence electrons. The number of nitrogens with zero attached hydrogens (tertiary/aromatic N) is 1. The molecule has 0 aliphatic carbocycles. The molecule has 1 fully saturated rings. The van der Waals surface area contributed by atoms with Gasteiger partial charge in [-0.3, -0.25) is 9.59 Å². The number of amides is 1. The summed E-state index contributed by atoms with van der Waals surface area (Å²) in [5.41, 5.74) is 0. The second-order valence-corrected chi connectivity index (χ2v) is 3.61. The molecule has 1 rings (SSSR count). The van der Waals surface area contributed by atoms with E-state index >= 15 is 0 Å². The Morgan fingerprint density at radius 1 is 1.27 bits per heavy atom. The van der Waals surface area contributed by atoms with Gasteiger partial charge < -0.3 is 14.4 Å². The number of carbonyl (C=O) groups is 2. The summed E-state index contributed by atoms with van der Waals surface area (Å²) < 4.78 is 9.44. The summed E-state index contributed by atoms with van der Waals surface area (Å²) in [6.45, 7) is 1.34. The fraction of sp³-hybridized carbons (Fsp3) is 0.800. The van der Waals surface area contributed by atoms with Crippen molar-refractivity contribution in [1.29, 1.82) is 0 Å². The third-order valence-corrected chi connectivity index (χ3v) is 2.65. The first-order valence-electron chi connectivity index (χ1n) is 5.03. The number of hydrogen-bond donors (Lipinski definition) is 0. The summed E-state index contributed by atoms with van der Waals surface area (Å²) in [6, 6.07) is 0. The van der Waals surface area contributed by atoms with Crippen LogP contribution in [0.4, 0.5) is 0 Å². The number of methoxy groups -OCH3 is 2.